The van der Waals surface area contributed by atoms with Crippen LogP contribution in [0.4, 0.5) is 0 Å². The summed E-state index contributed by atoms with van der Waals surface area (Å²) in [6, 6.07) is 0. The summed E-state index contributed by atoms with van der Waals surface area (Å²) in [7, 11) is 1.72. The maximum atomic E-state index is 5.17. The number of methoxy groups -OCH3 is 1. The van der Waals surface area contributed by atoms with Gasteiger partial charge in [-0.15, -0.1) is 12.3 Å². The second-order valence-electron chi connectivity index (χ2n) is 2.12. The molecule has 1 nitrogen and oxygen atoms in total. The monoisotopic (exact) mass is 110 g/mol. The highest BCUT2D eigenvalue weighted by Gasteiger charge is 2.28. The van der Waals surface area contributed by atoms with E-state index in [0.717, 1.165) is 12.8 Å². The molecule has 1 fully saturated rings. The van der Waals surface area contributed by atoms with Crippen LogP contribution in [0.15, 0.2) is 0 Å². The highest BCUT2D eigenvalue weighted by atomic mass is 16.5. The van der Waals surface area contributed by atoms with E-state index in [2.05, 4.69) is 5.92 Å². The molecule has 0 aromatic heterocycles. The van der Waals surface area contributed by atoms with Crippen LogP contribution in [-0.4, -0.2) is 13.2 Å². The molecule has 8 heavy (non-hydrogen) atoms. The lowest BCUT2D eigenvalue weighted by atomic mass is 9.83. The van der Waals surface area contributed by atoms with Crippen LogP contribution in [0, 0.1) is 18.3 Å². The third-order valence-electron chi connectivity index (χ3n) is 1.73. The van der Waals surface area contributed by atoms with Gasteiger partial charge in [-0.1, -0.05) is 0 Å². The molecule has 0 N–H and O–H groups in total. The molecule has 1 saturated carbocycles. The van der Waals surface area contributed by atoms with Crippen LogP contribution in [0.2, 0.25) is 0 Å². The van der Waals surface area contributed by atoms with Crippen LogP contribution in [0.25, 0.3) is 0 Å². The van der Waals surface area contributed by atoms with E-state index in [9.17, 15) is 0 Å². The van der Waals surface area contributed by atoms with E-state index in [-0.39, 0.29) is 0 Å². The fourth-order valence-electron chi connectivity index (χ4n) is 0.942. The maximum Gasteiger partial charge on any atom is 0.0709 e. The molecular formula is C7H10O. The summed E-state index contributed by atoms with van der Waals surface area (Å²) in [4.78, 5) is 0. The molecule has 0 amide bonds. The van der Waals surface area contributed by atoms with Crippen molar-refractivity contribution in [2.24, 2.45) is 5.92 Å². The molecule has 0 radical (unpaired) electrons. The van der Waals surface area contributed by atoms with E-state index in [4.69, 9.17) is 11.2 Å². The van der Waals surface area contributed by atoms with Gasteiger partial charge in [0.2, 0.25) is 0 Å². The minimum Gasteiger partial charge on any atom is -0.380 e. The number of terminal acetylenes is 1. The van der Waals surface area contributed by atoms with Gasteiger partial charge in [-0.2, -0.15) is 0 Å². The molecule has 2 atom stereocenters. The fourth-order valence-corrected chi connectivity index (χ4v) is 0.942. The van der Waals surface area contributed by atoms with Gasteiger partial charge in [0.1, 0.15) is 0 Å². The topological polar surface area (TPSA) is 9.23 Å². The average molecular weight is 110 g/mol. The van der Waals surface area contributed by atoms with Gasteiger partial charge in [0.05, 0.1) is 6.10 Å². The van der Waals surface area contributed by atoms with Gasteiger partial charge >= 0.3 is 0 Å². The number of hydrogen-bond donors (Lipinski definition) is 0. The molecule has 0 saturated heterocycles. The summed E-state index contributed by atoms with van der Waals surface area (Å²) in [5.74, 6) is 3.08. The third kappa shape index (κ3) is 0.719. The van der Waals surface area contributed by atoms with Crippen LogP contribution < -0.4 is 0 Å². The zero-order valence-electron chi connectivity index (χ0n) is 5.05. The van der Waals surface area contributed by atoms with E-state index in [1.807, 2.05) is 0 Å². The van der Waals surface area contributed by atoms with Gasteiger partial charge < -0.3 is 4.74 Å². The predicted molar refractivity (Wildman–Crippen MR) is 32.4 cm³/mol. The molecular weight excluding hydrogens is 100 g/mol. The summed E-state index contributed by atoms with van der Waals surface area (Å²) in [5.41, 5.74) is 0. The summed E-state index contributed by atoms with van der Waals surface area (Å²) in [6.45, 7) is 0. The van der Waals surface area contributed by atoms with Crippen LogP contribution >= 0.6 is 0 Å². The van der Waals surface area contributed by atoms with Gasteiger partial charge in [-0.25, -0.2) is 0 Å². The van der Waals surface area contributed by atoms with Crippen molar-refractivity contribution in [3.8, 4) is 12.3 Å². The molecule has 1 aliphatic rings. The second-order valence-corrected chi connectivity index (χ2v) is 2.12. The van der Waals surface area contributed by atoms with Crippen LogP contribution in [0.1, 0.15) is 12.8 Å². The van der Waals surface area contributed by atoms with Gasteiger partial charge in [0.15, 0.2) is 0 Å². The Hall–Kier alpha value is -0.480. The lowest BCUT2D eigenvalue weighted by Crippen LogP contribution is -2.31. The first-order valence-electron chi connectivity index (χ1n) is 2.87. The molecule has 0 aliphatic heterocycles. The average Bonchev–Trinajstić information content (AvgIpc) is 1.66. The molecule has 0 bridgehead atoms. The molecule has 1 rings (SSSR count). The van der Waals surface area contributed by atoms with Gasteiger partial charge in [-0.05, 0) is 12.8 Å². The summed E-state index contributed by atoms with van der Waals surface area (Å²) in [5, 5.41) is 0. The Morgan fingerprint density at radius 2 is 2.38 bits per heavy atom. The highest BCUT2D eigenvalue weighted by molar-refractivity contribution is 5.02. The van der Waals surface area contributed by atoms with Gasteiger partial charge in [0.25, 0.3) is 0 Å². The Balaban J connectivity index is 2.29. The lowest BCUT2D eigenvalue weighted by molar-refractivity contribution is 0.00887. The first-order chi connectivity index (χ1) is 3.88. The van der Waals surface area contributed by atoms with Gasteiger partial charge in [-0.3, -0.25) is 0 Å². The first-order valence-corrected chi connectivity index (χ1v) is 2.87. The number of hydrogen-bond acceptors (Lipinski definition) is 1. The predicted octanol–water partition coefficient (Wildman–Crippen LogP) is 1.04. The second kappa shape index (κ2) is 2.19. The summed E-state index contributed by atoms with van der Waals surface area (Å²) >= 11 is 0. The Morgan fingerprint density at radius 3 is 2.50 bits per heavy atom. The van der Waals surface area contributed by atoms with E-state index < -0.39 is 0 Å². The largest absolute Gasteiger partial charge is 0.380 e. The Labute approximate surface area is 50.0 Å². The minimum atomic E-state index is 0.361. The zero-order chi connectivity index (χ0) is 5.98. The zero-order valence-corrected chi connectivity index (χ0v) is 5.05. The number of rotatable bonds is 1. The summed E-state index contributed by atoms with van der Waals surface area (Å²) < 4.78 is 5.05. The van der Waals surface area contributed by atoms with Crippen molar-refractivity contribution in [2.45, 2.75) is 18.9 Å². The van der Waals surface area contributed by atoms with Crippen molar-refractivity contribution < 1.29 is 4.74 Å². The normalized spacial score (nSPS) is 35.5. The molecule has 1 aliphatic carbocycles. The SMILES string of the molecule is C#CC1CCC1OC. The van der Waals surface area contributed by atoms with E-state index >= 15 is 0 Å². The van der Waals surface area contributed by atoms with Crippen molar-refractivity contribution in [3.05, 3.63) is 0 Å². The first kappa shape index (κ1) is 5.65. The van der Waals surface area contributed by atoms with E-state index in [1.165, 1.54) is 0 Å². The molecule has 0 heterocycles. The minimum absolute atomic E-state index is 0.361. The van der Waals surface area contributed by atoms with Crippen LogP contribution in [0.5, 0.6) is 0 Å². The van der Waals surface area contributed by atoms with Crippen molar-refractivity contribution >= 4 is 0 Å². The standard InChI is InChI=1S/C7H10O/c1-3-6-4-5-7(6)8-2/h1,6-7H,4-5H2,2H3. The Kier molecular flexibility index (Phi) is 1.55. The molecule has 44 valence electrons. The molecule has 0 spiro atoms. The van der Waals surface area contributed by atoms with E-state index in [1.54, 1.807) is 7.11 Å². The highest BCUT2D eigenvalue weighted by Crippen LogP contribution is 2.28. The Morgan fingerprint density at radius 1 is 1.62 bits per heavy atom. The fraction of sp³-hybridized carbons (Fsp3) is 0.714. The number of ether oxygens (including phenoxy) is 1. The van der Waals surface area contributed by atoms with Crippen LogP contribution in [0.3, 0.4) is 0 Å². The summed E-state index contributed by atoms with van der Waals surface area (Å²) in [6.07, 6.45) is 7.82. The quantitative estimate of drug-likeness (QED) is 0.458. The maximum absolute atomic E-state index is 5.17. The van der Waals surface area contributed by atoms with Gasteiger partial charge in [0, 0.05) is 13.0 Å². The molecule has 2 unspecified atom stereocenters. The Bertz CT molecular complexity index is 110. The van der Waals surface area contributed by atoms with Crippen molar-refractivity contribution in [3.63, 3.8) is 0 Å². The van der Waals surface area contributed by atoms with E-state index in [0.29, 0.717) is 12.0 Å². The molecule has 1 heteroatoms. The third-order valence-corrected chi connectivity index (χ3v) is 1.73. The lowest BCUT2D eigenvalue weighted by Gasteiger charge is -2.30. The van der Waals surface area contributed by atoms with Crippen molar-refractivity contribution in [2.75, 3.05) is 7.11 Å². The van der Waals surface area contributed by atoms with Crippen molar-refractivity contribution in [1.29, 1.82) is 0 Å². The smallest absolute Gasteiger partial charge is 0.0709 e. The molecule has 0 aromatic carbocycles. The van der Waals surface area contributed by atoms with Crippen molar-refractivity contribution in [1.82, 2.24) is 0 Å². The molecule has 0 aromatic rings. The van der Waals surface area contributed by atoms with Crippen LogP contribution in [-0.2, 0) is 4.74 Å².